The zero-order valence-electron chi connectivity index (χ0n) is 22.5. The molecule has 1 aromatic rings. The number of aliphatic hydroxyl groups excluding tert-OH is 1. The lowest BCUT2D eigenvalue weighted by Crippen LogP contribution is -2.45. The smallest absolute Gasteiger partial charge is 0.305 e. The molecule has 0 aromatic heterocycles. The lowest BCUT2D eigenvalue weighted by atomic mass is 9.82. The Morgan fingerprint density at radius 1 is 1.32 bits per heavy atom. The van der Waals surface area contributed by atoms with E-state index in [2.05, 4.69) is 0 Å². The van der Waals surface area contributed by atoms with E-state index >= 15 is 4.11 Å². The third-order valence-electron chi connectivity index (χ3n) is 8.45. The van der Waals surface area contributed by atoms with Crippen molar-refractivity contribution >= 4 is 43.5 Å². The van der Waals surface area contributed by atoms with Crippen molar-refractivity contribution in [3.8, 4) is 0 Å². The van der Waals surface area contributed by atoms with Crippen molar-refractivity contribution < 1.29 is 33.1 Å². The topological polar surface area (TPSA) is 96.4 Å². The summed E-state index contributed by atoms with van der Waals surface area (Å²) in [5.74, 6) is -1.30. The van der Waals surface area contributed by atoms with Crippen molar-refractivity contribution in [3.05, 3.63) is 28.8 Å². The number of nitrogens with zero attached hydrogens (tertiary/aromatic N) is 2. The van der Waals surface area contributed by atoms with Crippen molar-refractivity contribution in [1.29, 1.82) is 0 Å². The Morgan fingerprint density at radius 3 is 2.71 bits per heavy atom. The Hall–Kier alpha value is -2.01. The van der Waals surface area contributed by atoms with Crippen LogP contribution < -0.4 is 4.90 Å². The van der Waals surface area contributed by atoms with Crippen LogP contribution in [0.4, 0.5) is 9.80 Å². The number of likely N-dealkylation sites (tertiary alicyclic amines) is 1. The summed E-state index contributed by atoms with van der Waals surface area (Å²) in [4.78, 5) is 42.4. The molecule has 0 unspecified atom stereocenters. The molecule has 2 saturated heterocycles. The Kier molecular flexibility index (Phi) is 8.57. The molecule has 0 bridgehead atoms. The van der Waals surface area contributed by atoms with E-state index in [-0.39, 0.29) is 43.3 Å². The summed E-state index contributed by atoms with van der Waals surface area (Å²) in [6.07, 6.45) is 2.09. The molecule has 0 aliphatic carbocycles. The fourth-order valence-electron chi connectivity index (χ4n) is 6.73. The first-order valence-corrected chi connectivity index (χ1v) is 16.7. The molecule has 2 fully saturated rings. The van der Waals surface area contributed by atoms with Crippen LogP contribution in [0.2, 0.25) is 23.7 Å². The van der Waals surface area contributed by atoms with Gasteiger partial charge < -0.3 is 28.5 Å². The van der Waals surface area contributed by atoms with Crippen LogP contribution in [0.1, 0.15) is 51.0 Å². The fraction of sp³-hybridized carbons (Fsp3) is 0.667. The average molecular weight is 569 g/mol. The molecule has 3 aliphatic heterocycles. The zero-order valence-corrected chi connectivity index (χ0v) is 24.3. The van der Waals surface area contributed by atoms with Gasteiger partial charge in [-0.05, 0) is 57.0 Å². The van der Waals surface area contributed by atoms with Crippen LogP contribution in [0.5, 0.6) is 0 Å². The quantitative estimate of drug-likeness (QED) is 0.208. The van der Waals surface area contributed by atoms with Crippen LogP contribution in [0, 0.1) is 5.92 Å². The molecule has 0 saturated carbocycles. The Labute approximate surface area is 229 Å². The van der Waals surface area contributed by atoms with Crippen LogP contribution in [0.15, 0.2) is 18.2 Å². The maximum atomic E-state index is 15.9. The molecule has 38 heavy (non-hydrogen) atoms. The number of esters is 1. The highest BCUT2D eigenvalue weighted by Crippen LogP contribution is 2.60. The number of benzene rings is 1. The van der Waals surface area contributed by atoms with Crippen LogP contribution in [0.25, 0.3) is 0 Å². The summed E-state index contributed by atoms with van der Waals surface area (Å²) in [5, 5.41) is 10.1. The first-order valence-electron chi connectivity index (χ1n) is 13.4. The van der Waals surface area contributed by atoms with Crippen molar-refractivity contribution in [2.75, 3.05) is 31.7 Å². The lowest BCUT2D eigenvalue weighted by Gasteiger charge is -2.31. The van der Waals surface area contributed by atoms with E-state index in [1.807, 2.05) is 6.92 Å². The first-order chi connectivity index (χ1) is 17.9. The molecular weight excluding hydrogens is 531 g/mol. The summed E-state index contributed by atoms with van der Waals surface area (Å²) in [6.45, 7) is 5.85. The maximum absolute atomic E-state index is 15.9. The van der Waals surface area contributed by atoms with Gasteiger partial charge in [0, 0.05) is 41.6 Å². The number of aliphatic hydroxyl groups is 1. The zero-order chi connectivity index (χ0) is 27.8. The number of unbranched alkanes of at least 4 members (excludes halogenated alkanes) is 1. The van der Waals surface area contributed by atoms with Gasteiger partial charge in [-0.15, -0.1) is 0 Å². The molecule has 5 atom stereocenters. The first kappa shape index (κ1) is 29.0. The number of carbonyl (C=O) groups excluding carboxylic acids is 3. The van der Waals surface area contributed by atoms with E-state index in [0.29, 0.717) is 42.2 Å². The van der Waals surface area contributed by atoms with Crippen molar-refractivity contribution in [2.24, 2.45) is 5.92 Å². The van der Waals surface area contributed by atoms with Crippen molar-refractivity contribution in [1.82, 2.24) is 4.90 Å². The second-order valence-corrected chi connectivity index (χ2v) is 15.4. The molecular formula is C27H38ClFN2O6Si. The van der Waals surface area contributed by atoms with Gasteiger partial charge in [0.15, 0.2) is 5.60 Å². The van der Waals surface area contributed by atoms with E-state index in [1.165, 1.54) is 7.11 Å². The standard InChI is InChI=1S/C27H38ClFN2O6Si/c1-17-25(38(3,4)29)22(15-23(33)30-13-7-8-19(30)16-32)37-27(17)20-14-18(28)10-11-21(20)31(26(27)35)12-6-5-9-24(34)36-2/h10-11,14,17,19,22,25,32H,5-9,12-13,15-16H2,1-4H3/t17-,19+,22+,25-,27+/m1/s1. The number of amides is 2. The number of carbonyl (C=O) groups is 3. The summed E-state index contributed by atoms with van der Waals surface area (Å²) in [7, 11) is -2.07. The van der Waals surface area contributed by atoms with Gasteiger partial charge in [0.1, 0.15) is 0 Å². The van der Waals surface area contributed by atoms with Gasteiger partial charge in [0.05, 0.1) is 38.0 Å². The van der Waals surface area contributed by atoms with Gasteiger partial charge >= 0.3 is 5.97 Å². The van der Waals surface area contributed by atoms with Crippen molar-refractivity contribution in [2.45, 2.75) is 81.8 Å². The molecule has 11 heteroatoms. The number of anilines is 1. The second-order valence-electron chi connectivity index (χ2n) is 11.2. The molecule has 1 spiro atoms. The normalized spacial score (nSPS) is 28.9. The number of hydrogen-bond acceptors (Lipinski definition) is 6. The van der Waals surface area contributed by atoms with Crippen LogP contribution in [-0.2, 0) is 29.5 Å². The lowest BCUT2D eigenvalue weighted by molar-refractivity contribution is -0.150. The van der Waals surface area contributed by atoms with E-state index < -0.39 is 31.6 Å². The van der Waals surface area contributed by atoms with E-state index in [4.69, 9.17) is 21.1 Å². The van der Waals surface area contributed by atoms with E-state index in [1.54, 1.807) is 41.1 Å². The molecule has 4 rings (SSSR count). The third kappa shape index (κ3) is 5.12. The molecule has 0 radical (unpaired) electrons. The number of halogens is 2. The highest BCUT2D eigenvalue weighted by atomic mass is 35.5. The Bertz CT molecular complexity index is 1080. The number of hydrogen-bond donors (Lipinski definition) is 1. The SMILES string of the molecule is COC(=O)CCCCN1C(=O)[C@@]2(O[C@@H](CC(=O)N3CCC[C@H]3CO)[C@H]([Si](C)(C)F)[C@H]2C)c2cc(Cl)ccc21. The Balaban J connectivity index is 1.65. The molecule has 210 valence electrons. The van der Waals surface area contributed by atoms with Gasteiger partial charge in [-0.3, -0.25) is 14.4 Å². The number of fused-ring (bicyclic) bond motifs is 2. The highest BCUT2D eigenvalue weighted by Gasteiger charge is 2.67. The van der Waals surface area contributed by atoms with Gasteiger partial charge in [0.25, 0.3) is 5.91 Å². The summed E-state index contributed by atoms with van der Waals surface area (Å²) in [5.41, 5.74) is -0.788. The molecule has 3 heterocycles. The molecule has 1 aromatic carbocycles. The average Bonchev–Trinajstić information content (AvgIpc) is 3.51. The van der Waals surface area contributed by atoms with Gasteiger partial charge in [-0.2, -0.15) is 0 Å². The largest absolute Gasteiger partial charge is 0.469 e. The van der Waals surface area contributed by atoms with Gasteiger partial charge in [0.2, 0.25) is 14.3 Å². The predicted molar refractivity (Wildman–Crippen MR) is 144 cm³/mol. The minimum Gasteiger partial charge on any atom is -0.469 e. The minimum atomic E-state index is -3.41. The number of ether oxygens (including phenoxy) is 2. The fourth-order valence-corrected chi connectivity index (χ4v) is 9.39. The van der Waals surface area contributed by atoms with Crippen LogP contribution >= 0.6 is 11.6 Å². The van der Waals surface area contributed by atoms with Gasteiger partial charge in [-0.25, -0.2) is 0 Å². The third-order valence-corrected chi connectivity index (χ3v) is 11.1. The van der Waals surface area contributed by atoms with E-state index in [0.717, 1.165) is 12.8 Å². The summed E-state index contributed by atoms with van der Waals surface area (Å²) in [6, 6.07) is 4.97. The number of methoxy groups -OCH3 is 1. The molecule has 3 aliphatic rings. The Morgan fingerprint density at radius 2 is 2.05 bits per heavy atom. The molecule has 2 amide bonds. The highest BCUT2D eigenvalue weighted by molar-refractivity contribution is 6.72. The monoisotopic (exact) mass is 568 g/mol. The number of rotatable bonds is 9. The predicted octanol–water partition coefficient (Wildman–Crippen LogP) is 4.18. The molecule has 1 N–H and O–H groups in total. The van der Waals surface area contributed by atoms with Crippen molar-refractivity contribution in [3.63, 3.8) is 0 Å². The summed E-state index contributed by atoms with van der Waals surface area (Å²) < 4.78 is 27.3. The van der Waals surface area contributed by atoms with E-state index in [9.17, 15) is 19.5 Å². The molecule has 8 nitrogen and oxygen atoms in total. The second kappa shape index (κ2) is 11.2. The van der Waals surface area contributed by atoms with Crippen LogP contribution in [-0.4, -0.2) is 75.1 Å². The van der Waals surface area contributed by atoms with Crippen LogP contribution in [0.3, 0.4) is 0 Å². The maximum Gasteiger partial charge on any atom is 0.305 e. The minimum absolute atomic E-state index is 0.0457. The van der Waals surface area contributed by atoms with Gasteiger partial charge in [-0.1, -0.05) is 18.5 Å². The summed E-state index contributed by atoms with van der Waals surface area (Å²) >= 11 is 6.38.